The molecule has 1 aliphatic heterocycles. The van der Waals surface area contributed by atoms with E-state index < -0.39 is 5.97 Å². The quantitative estimate of drug-likeness (QED) is 0.537. The molecule has 1 aromatic heterocycles. The largest absolute Gasteiger partial charge is 0.493 e. The number of pyridine rings is 1. The molecule has 2 heterocycles. The van der Waals surface area contributed by atoms with Gasteiger partial charge in [0, 0.05) is 37.6 Å². The van der Waals surface area contributed by atoms with Crippen LogP contribution < -0.4 is 10.2 Å². The Morgan fingerprint density at radius 3 is 2.54 bits per heavy atom. The van der Waals surface area contributed by atoms with Gasteiger partial charge >= 0.3 is 5.97 Å². The van der Waals surface area contributed by atoms with E-state index in [4.69, 9.17) is 16.3 Å². The lowest BCUT2D eigenvalue weighted by Gasteiger charge is -2.39. The molecule has 8 heteroatoms. The van der Waals surface area contributed by atoms with E-state index in [-0.39, 0.29) is 12.0 Å². The van der Waals surface area contributed by atoms with Gasteiger partial charge in [-0.05, 0) is 61.7 Å². The summed E-state index contributed by atoms with van der Waals surface area (Å²) in [6.45, 7) is 4.14. The van der Waals surface area contributed by atoms with E-state index in [1.807, 2.05) is 18.2 Å². The van der Waals surface area contributed by atoms with Crippen molar-refractivity contribution in [1.29, 1.82) is 0 Å². The van der Waals surface area contributed by atoms with E-state index in [0.717, 1.165) is 51.0 Å². The molecule has 5 rings (SSSR count). The first-order chi connectivity index (χ1) is 16.9. The molecule has 0 saturated carbocycles. The lowest BCUT2D eigenvalue weighted by atomic mass is 9.89. The fourth-order valence-electron chi connectivity index (χ4n) is 5.50. The van der Waals surface area contributed by atoms with E-state index in [2.05, 4.69) is 22.9 Å². The number of carboxylic acid groups (broad SMARTS) is 1. The van der Waals surface area contributed by atoms with Crippen molar-refractivity contribution in [1.82, 2.24) is 14.4 Å². The molecule has 1 aliphatic carbocycles. The second kappa shape index (κ2) is 9.64. The molecule has 2 aliphatic rings. The second-order valence-corrected chi connectivity index (χ2v) is 9.92. The zero-order valence-electron chi connectivity index (χ0n) is 20.1. The Morgan fingerprint density at radius 2 is 1.89 bits per heavy atom. The average Bonchev–Trinajstić information content (AvgIpc) is 2.86. The SMILES string of the molecule is COc1c(Cl)ccc2c(=O)c3ccc(C4=CCC(N5CCN(C)CC5)CC4)cc3n(CC(=O)O)c12. The molecule has 1 N–H and O–H groups in total. The van der Waals surface area contributed by atoms with Crippen LogP contribution in [0.1, 0.15) is 24.8 Å². The van der Waals surface area contributed by atoms with Gasteiger partial charge in [0.25, 0.3) is 0 Å². The first-order valence-corrected chi connectivity index (χ1v) is 12.4. The van der Waals surface area contributed by atoms with E-state index in [1.54, 1.807) is 16.7 Å². The summed E-state index contributed by atoms with van der Waals surface area (Å²) in [5.74, 6) is -0.697. The van der Waals surface area contributed by atoms with Gasteiger partial charge in [-0.3, -0.25) is 14.5 Å². The molecule has 1 fully saturated rings. The lowest BCUT2D eigenvalue weighted by molar-refractivity contribution is -0.137. The van der Waals surface area contributed by atoms with Crippen LogP contribution in [0.3, 0.4) is 0 Å². The molecular formula is C27H30ClN3O4. The van der Waals surface area contributed by atoms with Gasteiger partial charge in [-0.15, -0.1) is 0 Å². The summed E-state index contributed by atoms with van der Waals surface area (Å²) in [5.41, 5.74) is 3.08. The smallest absolute Gasteiger partial charge is 0.323 e. The van der Waals surface area contributed by atoms with Crippen LogP contribution in [0.15, 0.2) is 41.2 Å². The maximum Gasteiger partial charge on any atom is 0.323 e. The zero-order chi connectivity index (χ0) is 24.7. The predicted molar refractivity (Wildman–Crippen MR) is 140 cm³/mol. The molecule has 35 heavy (non-hydrogen) atoms. The number of nitrogens with zero attached hydrogens (tertiary/aromatic N) is 3. The number of ether oxygens (including phenoxy) is 1. The molecule has 0 bridgehead atoms. The van der Waals surface area contributed by atoms with Crippen molar-refractivity contribution in [3.8, 4) is 5.75 Å². The molecule has 7 nitrogen and oxygen atoms in total. The minimum absolute atomic E-state index is 0.161. The summed E-state index contributed by atoms with van der Waals surface area (Å²) in [4.78, 5) is 30.1. The standard InChI is InChI=1S/C27H30ClN3O4/c1-29-11-13-30(14-12-29)19-6-3-17(4-7-19)18-5-8-20-23(15-18)31(16-24(32)33)25-21(26(20)34)9-10-22(28)27(25)35-2/h3,5,8-10,15,19H,4,6-7,11-14,16H2,1-2H3,(H,32,33). The molecule has 1 atom stereocenters. The Labute approximate surface area is 209 Å². The Hall–Kier alpha value is -2.87. The molecule has 1 saturated heterocycles. The van der Waals surface area contributed by atoms with E-state index >= 15 is 0 Å². The monoisotopic (exact) mass is 495 g/mol. The Morgan fingerprint density at radius 1 is 1.14 bits per heavy atom. The van der Waals surface area contributed by atoms with E-state index in [9.17, 15) is 14.7 Å². The number of carbonyl (C=O) groups is 1. The van der Waals surface area contributed by atoms with Gasteiger partial charge in [0.1, 0.15) is 6.54 Å². The predicted octanol–water partition coefficient (Wildman–Crippen LogP) is 4.08. The Kier molecular flexibility index (Phi) is 6.57. The Bertz CT molecular complexity index is 1390. The van der Waals surface area contributed by atoms with Crippen LogP contribution in [0.25, 0.3) is 27.4 Å². The van der Waals surface area contributed by atoms with Crippen LogP contribution in [-0.4, -0.2) is 71.8 Å². The van der Waals surface area contributed by atoms with Crippen LogP contribution in [0.2, 0.25) is 5.02 Å². The number of aliphatic carboxylic acids is 1. The number of aromatic nitrogens is 1. The number of piperazine rings is 1. The number of rotatable bonds is 5. The fourth-order valence-corrected chi connectivity index (χ4v) is 5.73. The third-order valence-electron chi connectivity index (χ3n) is 7.44. The van der Waals surface area contributed by atoms with Crippen LogP contribution in [0.4, 0.5) is 0 Å². The lowest BCUT2D eigenvalue weighted by Crippen LogP contribution is -2.49. The highest BCUT2D eigenvalue weighted by molar-refractivity contribution is 6.33. The van der Waals surface area contributed by atoms with Crippen LogP contribution >= 0.6 is 11.6 Å². The summed E-state index contributed by atoms with van der Waals surface area (Å²) in [6, 6.07) is 9.56. The minimum atomic E-state index is -1.00. The number of fused-ring (bicyclic) bond motifs is 2. The van der Waals surface area contributed by atoms with Crippen molar-refractivity contribution in [2.45, 2.75) is 31.8 Å². The molecule has 184 valence electrons. The second-order valence-electron chi connectivity index (χ2n) is 9.51. The van der Waals surface area contributed by atoms with Crippen molar-refractivity contribution in [3.05, 3.63) is 57.2 Å². The molecule has 3 aromatic rings. The van der Waals surface area contributed by atoms with Gasteiger partial charge in [0.2, 0.25) is 0 Å². The number of carboxylic acids is 1. The maximum atomic E-state index is 13.4. The highest BCUT2D eigenvalue weighted by Gasteiger charge is 2.25. The molecule has 0 radical (unpaired) electrons. The zero-order valence-corrected chi connectivity index (χ0v) is 20.8. The van der Waals surface area contributed by atoms with E-state index in [1.165, 1.54) is 12.7 Å². The molecule has 2 aromatic carbocycles. The van der Waals surface area contributed by atoms with Crippen molar-refractivity contribution >= 4 is 44.9 Å². The minimum Gasteiger partial charge on any atom is -0.493 e. The molecular weight excluding hydrogens is 466 g/mol. The number of likely N-dealkylation sites (N-methyl/N-ethyl adjacent to an activating group) is 1. The van der Waals surface area contributed by atoms with Crippen molar-refractivity contribution in [2.24, 2.45) is 0 Å². The van der Waals surface area contributed by atoms with Crippen LogP contribution in [-0.2, 0) is 11.3 Å². The van der Waals surface area contributed by atoms with Crippen molar-refractivity contribution in [3.63, 3.8) is 0 Å². The van der Waals surface area contributed by atoms with Gasteiger partial charge in [0.05, 0.1) is 28.6 Å². The number of allylic oxidation sites excluding steroid dienone is 1. The molecule has 0 spiro atoms. The summed E-state index contributed by atoms with van der Waals surface area (Å²) in [5, 5.41) is 10.9. The third-order valence-corrected chi connectivity index (χ3v) is 7.73. The highest BCUT2D eigenvalue weighted by Crippen LogP contribution is 2.36. The molecule has 0 amide bonds. The van der Waals surface area contributed by atoms with Crippen LogP contribution in [0.5, 0.6) is 5.75 Å². The van der Waals surface area contributed by atoms with E-state index in [0.29, 0.717) is 38.6 Å². The summed E-state index contributed by atoms with van der Waals surface area (Å²) in [6.07, 6.45) is 5.36. The maximum absolute atomic E-state index is 13.4. The first kappa shape index (κ1) is 23.9. The highest BCUT2D eigenvalue weighted by atomic mass is 35.5. The topological polar surface area (TPSA) is 75.0 Å². The third kappa shape index (κ3) is 4.44. The summed E-state index contributed by atoms with van der Waals surface area (Å²) >= 11 is 6.35. The average molecular weight is 496 g/mol. The normalized spacial score (nSPS) is 19.7. The number of hydrogen-bond acceptors (Lipinski definition) is 5. The number of hydrogen-bond donors (Lipinski definition) is 1. The number of methoxy groups -OCH3 is 1. The van der Waals surface area contributed by atoms with Gasteiger partial charge in [0.15, 0.2) is 11.2 Å². The first-order valence-electron chi connectivity index (χ1n) is 12.0. The van der Waals surface area contributed by atoms with Gasteiger partial charge in [-0.1, -0.05) is 23.7 Å². The number of halogens is 1. The van der Waals surface area contributed by atoms with Gasteiger partial charge < -0.3 is 19.3 Å². The number of benzene rings is 2. The van der Waals surface area contributed by atoms with Crippen molar-refractivity contribution < 1.29 is 14.6 Å². The fraction of sp³-hybridized carbons (Fsp3) is 0.407. The summed E-state index contributed by atoms with van der Waals surface area (Å²) < 4.78 is 7.14. The van der Waals surface area contributed by atoms with Gasteiger partial charge in [-0.2, -0.15) is 0 Å². The Balaban J connectivity index is 1.58. The molecule has 1 unspecified atom stereocenters. The summed E-state index contributed by atoms with van der Waals surface area (Å²) in [7, 11) is 3.65. The van der Waals surface area contributed by atoms with Crippen LogP contribution in [0, 0.1) is 0 Å². The van der Waals surface area contributed by atoms with Crippen molar-refractivity contribution in [2.75, 3.05) is 40.3 Å². The van der Waals surface area contributed by atoms with Gasteiger partial charge in [-0.25, -0.2) is 0 Å².